The molecule has 2 aromatic carbocycles. The maximum atomic E-state index is 12.8. The van der Waals surface area contributed by atoms with Gasteiger partial charge >= 0.3 is 0 Å². The van der Waals surface area contributed by atoms with E-state index >= 15 is 0 Å². The Balaban J connectivity index is 1.83. The second-order valence-electron chi connectivity index (χ2n) is 6.85. The molecule has 9 heteroatoms. The molecule has 2 N–H and O–H groups in total. The number of nitrogens with zero attached hydrogens (tertiary/aromatic N) is 2. The lowest BCUT2D eigenvalue weighted by Gasteiger charge is -2.12. The first-order chi connectivity index (χ1) is 14.7. The maximum Gasteiger partial charge on any atom is 0.238 e. The van der Waals surface area contributed by atoms with Gasteiger partial charge in [-0.3, -0.25) is 4.79 Å². The van der Waals surface area contributed by atoms with Crippen molar-refractivity contribution in [1.82, 2.24) is 4.57 Å². The number of nitrogens with two attached hydrogens (primary N) is 1. The molecule has 31 heavy (non-hydrogen) atoms. The van der Waals surface area contributed by atoms with Crippen LogP contribution >= 0.6 is 0 Å². The average molecular weight is 439 g/mol. The molecular formula is C22H21N3O5S. The smallest absolute Gasteiger partial charge is 0.238 e. The van der Waals surface area contributed by atoms with Gasteiger partial charge in [0.05, 0.1) is 23.6 Å². The third-order valence-corrected chi connectivity index (χ3v) is 5.74. The molecule has 0 fully saturated rings. The van der Waals surface area contributed by atoms with E-state index in [1.807, 2.05) is 17.6 Å². The van der Waals surface area contributed by atoms with Crippen LogP contribution < -0.4 is 14.6 Å². The Kier molecular flexibility index (Phi) is 6.15. The summed E-state index contributed by atoms with van der Waals surface area (Å²) in [5.74, 6) is 0.501. The van der Waals surface area contributed by atoms with Gasteiger partial charge in [-0.2, -0.15) is 5.26 Å². The van der Waals surface area contributed by atoms with Crippen molar-refractivity contribution in [3.63, 3.8) is 0 Å². The van der Waals surface area contributed by atoms with Gasteiger partial charge in [0.25, 0.3) is 0 Å². The highest BCUT2D eigenvalue weighted by molar-refractivity contribution is 7.89. The third kappa shape index (κ3) is 4.60. The number of benzene rings is 2. The molecule has 0 aliphatic rings. The van der Waals surface area contributed by atoms with Crippen LogP contribution in [0, 0.1) is 25.2 Å². The quantitative estimate of drug-likeness (QED) is 0.565. The number of carbonyl (C=O) groups is 1. The molecule has 0 aliphatic heterocycles. The van der Waals surface area contributed by atoms with Crippen molar-refractivity contribution in [3.8, 4) is 23.3 Å². The van der Waals surface area contributed by atoms with E-state index in [0.717, 1.165) is 5.69 Å². The Bertz CT molecular complexity index is 1290. The van der Waals surface area contributed by atoms with Crippen LogP contribution in [0.4, 0.5) is 0 Å². The van der Waals surface area contributed by atoms with E-state index in [1.165, 1.54) is 25.3 Å². The van der Waals surface area contributed by atoms with E-state index in [1.54, 1.807) is 37.3 Å². The fraction of sp³-hybridized carbons (Fsp3) is 0.182. The second-order valence-corrected chi connectivity index (χ2v) is 8.41. The van der Waals surface area contributed by atoms with Crippen molar-refractivity contribution >= 4 is 15.8 Å². The van der Waals surface area contributed by atoms with Gasteiger partial charge in [-0.25, -0.2) is 13.6 Å². The lowest BCUT2D eigenvalue weighted by atomic mass is 10.1. The fourth-order valence-electron chi connectivity index (χ4n) is 3.30. The lowest BCUT2D eigenvalue weighted by Crippen LogP contribution is -2.13. The molecule has 0 bridgehead atoms. The number of hydrogen-bond acceptors (Lipinski definition) is 6. The Morgan fingerprint density at radius 3 is 2.35 bits per heavy atom. The van der Waals surface area contributed by atoms with E-state index in [9.17, 15) is 13.2 Å². The third-order valence-electron chi connectivity index (χ3n) is 4.81. The molecular weight excluding hydrogens is 418 g/mol. The van der Waals surface area contributed by atoms with Crippen molar-refractivity contribution < 1.29 is 22.7 Å². The number of primary sulfonamides is 1. The first-order valence-corrected chi connectivity index (χ1v) is 10.8. The Labute approximate surface area is 180 Å². The summed E-state index contributed by atoms with van der Waals surface area (Å²) in [5, 5.41) is 14.1. The van der Waals surface area contributed by atoms with Crippen molar-refractivity contribution in [3.05, 3.63) is 71.0 Å². The SMILES string of the molecule is COc1cc(C#N)ccc1OCC(=O)c1cc(C)n(-c2ccc(S(N)(=O)=O)cc2)c1C. The number of hydrogen-bond donors (Lipinski definition) is 1. The molecule has 0 atom stereocenters. The first-order valence-electron chi connectivity index (χ1n) is 9.22. The predicted molar refractivity (Wildman–Crippen MR) is 114 cm³/mol. The standard InChI is InChI=1S/C22H21N3O5S/c1-14-10-19(15(2)25(14)17-5-7-18(8-6-17)31(24,27)28)20(26)13-30-21-9-4-16(12-23)11-22(21)29-3/h4-11H,13H2,1-3H3,(H2,24,27,28). The molecule has 0 saturated heterocycles. The molecule has 1 heterocycles. The van der Waals surface area contributed by atoms with Crippen molar-refractivity contribution in [1.29, 1.82) is 5.26 Å². The summed E-state index contributed by atoms with van der Waals surface area (Å²) in [6.07, 6.45) is 0. The molecule has 8 nitrogen and oxygen atoms in total. The van der Waals surface area contributed by atoms with E-state index in [-0.39, 0.29) is 17.3 Å². The van der Waals surface area contributed by atoms with Gasteiger partial charge in [-0.05, 0) is 56.3 Å². The summed E-state index contributed by atoms with van der Waals surface area (Å²) in [5.41, 5.74) is 3.12. The van der Waals surface area contributed by atoms with E-state index < -0.39 is 10.0 Å². The monoisotopic (exact) mass is 439 g/mol. The number of sulfonamides is 1. The van der Waals surface area contributed by atoms with Crippen LogP contribution in [0.5, 0.6) is 11.5 Å². The molecule has 3 aromatic rings. The molecule has 3 rings (SSSR count). The molecule has 0 saturated carbocycles. The number of carbonyl (C=O) groups excluding carboxylic acids is 1. The maximum absolute atomic E-state index is 12.8. The van der Waals surface area contributed by atoms with Crippen LogP contribution in [0.15, 0.2) is 53.4 Å². The van der Waals surface area contributed by atoms with Crippen LogP contribution in [0.3, 0.4) is 0 Å². The number of rotatable bonds is 7. The van der Waals surface area contributed by atoms with Crippen LogP contribution in [-0.4, -0.2) is 32.5 Å². The van der Waals surface area contributed by atoms with Crippen molar-refractivity contribution in [2.24, 2.45) is 5.14 Å². The Hall–Kier alpha value is -3.61. The summed E-state index contributed by atoms with van der Waals surface area (Å²) in [6, 6.07) is 14.6. The Morgan fingerprint density at radius 2 is 1.77 bits per heavy atom. The Morgan fingerprint density at radius 1 is 1.10 bits per heavy atom. The number of Topliss-reactive ketones (excluding diaryl/α,β-unsaturated/α-hetero) is 1. The number of aromatic nitrogens is 1. The minimum atomic E-state index is -3.78. The number of nitriles is 1. The number of methoxy groups -OCH3 is 1. The van der Waals surface area contributed by atoms with E-state index in [0.29, 0.717) is 34.0 Å². The van der Waals surface area contributed by atoms with Gasteiger partial charge in [0.1, 0.15) is 0 Å². The van der Waals surface area contributed by atoms with Gasteiger partial charge < -0.3 is 14.0 Å². The minimum absolute atomic E-state index is 0.0137. The predicted octanol–water partition coefficient (Wildman–Crippen LogP) is 2.88. The zero-order chi connectivity index (χ0) is 22.8. The normalized spacial score (nSPS) is 11.1. The van der Waals surface area contributed by atoms with Crippen LogP contribution in [0.25, 0.3) is 5.69 Å². The molecule has 0 aliphatic carbocycles. The topological polar surface area (TPSA) is 124 Å². The average Bonchev–Trinajstić information content (AvgIpc) is 3.05. The number of ether oxygens (including phenoxy) is 2. The highest BCUT2D eigenvalue weighted by Crippen LogP contribution is 2.28. The molecule has 0 amide bonds. The summed E-state index contributed by atoms with van der Waals surface area (Å²) in [4.78, 5) is 12.8. The van der Waals surface area contributed by atoms with Crippen molar-refractivity contribution in [2.75, 3.05) is 13.7 Å². The zero-order valence-corrected chi connectivity index (χ0v) is 18.1. The van der Waals surface area contributed by atoms with Crippen LogP contribution in [0.2, 0.25) is 0 Å². The molecule has 0 spiro atoms. The molecule has 1 aromatic heterocycles. The summed E-state index contributed by atoms with van der Waals surface area (Å²) in [6.45, 7) is 3.44. The van der Waals surface area contributed by atoms with Crippen LogP contribution in [-0.2, 0) is 10.0 Å². The lowest BCUT2D eigenvalue weighted by molar-refractivity contribution is 0.0919. The van der Waals surface area contributed by atoms with Gasteiger partial charge in [0.15, 0.2) is 18.1 Å². The van der Waals surface area contributed by atoms with E-state index in [4.69, 9.17) is 19.9 Å². The molecule has 0 radical (unpaired) electrons. The largest absolute Gasteiger partial charge is 0.493 e. The first kappa shape index (κ1) is 22.1. The fourth-order valence-corrected chi connectivity index (χ4v) is 3.82. The molecule has 0 unspecified atom stereocenters. The van der Waals surface area contributed by atoms with Crippen molar-refractivity contribution in [2.45, 2.75) is 18.7 Å². The van der Waals surface area contributed by atoms with E-state index in [2.05, 4.69) is 0 Å². The van der Waals surface area contributed by atoms with Gasteiger partial charge in [-0.15, -0.1) is 0 Å². The zero-order valence-electron chi connectivity index (χ0n) is 17.2. The second kappa shape index (κ2) is 8.63. The van der Waals surface area contributed by atoms with Gasteiger partial charge in [0.2, 0.25) is 15.8 Å². The highest BCUT2D eigenvalue weighted by Gasteiger charge is 2.18. The number of aryl methyl sites for hydroxylation is 1. The van der Waals surface area contributed by atoms with Crippen LogP contribution in [0.1, 0.15) is 27.3 Å². The highest BCUT2D eigenvalue weighted by atomic mass is 32.2. The summed E-state index contributed by atoms with van der Waals surface area (Å²) in [7, 11) is -2.32. The summed E-state index contributed by atoms with van der Waals surface area (Å²) >= 11 is 0. The number of ketones is 1. The van der Waals surface area contributed by atoms with Gasteiger partial charge in [-0.1, -0.05) is 0 Å². The van der Waals surface area contributed by atoms with Gasteiger partial charge in [0, 0.05) is 28.7 Å². The summed E-state index contributed by atoms with van der Waals surface area (Å²) < 4.78 is 35.6. The minimum Gasteiger partial charge on any atom is -0.493 e. The molecule has 160 valence electrons.